The molecule has 0 unspecified atom stereocenters. The first kappa shape index (κ1) is 18.4. The topological polar surface area (TPSA) is 87.7 Å². The average molecular weight is 398 g/mol. The van der Waals surface area contributed by atoms with Crippen molar-refractivity contribution in [3.8, 4) is 0 Å². The van der Waals surface area contributed by atoms with Gasteiger partial charge in [0.05, 0.1) is 20.1 Å². The molecule has 1 saturated heterocycles. The van der Waals surface area contributed by atoms with Crippen LogP contribution in [0.15, 0.2) is 22.7 Å². The van der Waals surface area contributed by atoms with E-state index in [0.717, 1.165) is 10.0 Å². The molecule has 8 heteroatoms. The Bertz CT molecular complexity index is 650. The van der Waals surface area contributed by atoms with Gasteiger partial charge in [-0.15, -0.1) is 0 Å². The highest BCUT2D eigenvalue weighted by molar-refractivity contribution is 9.10. The summed E-state index contributed by atoms with van der Waals surface area (Å²) in [4.78, 5) is 37.4. The fraction of sp³-hybridized carbons (Fsp3) is 0.438. The van der Waals surface area contributed by atoms with E-state index in [0.29, 0.717) is 18.8 Å². The van der Waals surface area contributed by atoms with Crippen LogP contribution in [0.2, 0.25) is 0 Å². The summed E-state index contributed by atoms with van der Waals surface area (Å²) in [5, 5.41) is 5.51. The summed E-state index contributed by atoms with van der Waals surface area (Å²) in [6.45, 7) is 2.91. The van der Waals surface area contributed by atoms with E-state index < -0.39 is 12.0 Å². The lowest BCUT2D eigenvalue weighted by molar-refractivity contribution is -0.146. The van der Waals surface area contributed by atoms with Crippen molar-refractivity contribution in [3.05, 3.63) is 28.2 Å². The molecule has 0 bridgehead atoms. The highest BCUT2D eigenvalue weighted by atomic mass is 79.9. The van der Waals surface area contributed by atoms with Crippen molar-refractivity contribution in [1.82, 2.24) is 10.2 Å². The van der Waals surface area contributed by atoms with Crippen molar-refractivity contribution in [2.75, 3.05) is 32.1 Å². The van der Waals surface area contributed by atoms with Crippen molar-refractivity contribution < 1.29 is 19.1 Å². The molecule has 1 heterocycles. The standard InChI is InChI=1S/C16H20BrN3O4/c1-10-7-11(3-4-12(10)17)19-14(21)9-20-6-5-18-16(23)13(20)8-15(22)24-2/h3-4,7,13H,5-6,8-9H2,1-2H3,(H,18,23)(H,19,21)/t13-/m1/s1. The summed E-state index contributed by atoms with van der Waals surface area (Å²) in [7, 11) is 1.27. The predicted octanol–water partition coefficient (Wildman–Crippen LogP) is 1.06. The molecule has 1 aliphatic heterocycles. The number of anilines is 1. The van der Waals surface area contributed by atoms with Crippen LogP contribution in [0.3, 0.4) is 0 Å². The first-order chi connectivity index (χ1) is 11.4. The molecule has 24 heavy (non-hydrogen) atoms. The Kier molecular flexibility index (Phi) is 6.33. The van der Waals surface area contributed by atoms with Crippen molar-refractivity contribution in [3.63, 3.8) is 0 Å². The van der Waals surface area contributed by atoms with Gasteiger partial charge in [-0.2, -0.15) is 0 Å². The largest absolute Gasteiger partial charge is 0.469 e. The van der Waals surface area contributed by atoms with Crippen LogP contribution in [-0.4, -0.2) is 55.5 Å². The lowest BCUT2D eigenvalue weighted by atomic mass is 10.1. The quantitative estimate of drug-likeness (QED) is 0.725. The fourth-order valence-corrected chi connectivity index (χ4v) is 2.77. The lowest BCUT2D eigenvalue weighted by Gasteiger charge is -2.33. The summed E-state index contributed by atoms with van der Waals surface area (Å²) in [6.07, 6.45) is -0.0764. The van der Waals surface area contributed by atoms with Gasteiger partial charge < -0.3 is 15.4 Å². The normalized spacial score (nSPS) is 18.0. The Labute approximate surface area is 148 Å². The number of esters is 1. The monoisotopic (exact) mass is 397 g/mol. The van der Waals surface area contributed by atoms with Crippen LogP contribution in [-0.2, 0) is 19.1 Å². The number of ether oxygens (including phenoxy) is 1. The second kappa shape index (κ2) is 8.25. The van der Waals surface area contributed by atoms with Crippen LogP contribution >= 0.6 is 15.9 Å². The van der Waals surface area contributed by atoms with Crippen molar-refractivity contribution >= 4 is 39.4 Å². The van der Waals surface area contributed by atoms with Gasteiger partial charge in [0, 0.05) is 23.2 Å². The molecule has 2 rings (SSSR count). The van der Waals surface area contributed by atoms with Crippen molar-refractivity contribution in [2.24, 2.45) is 0 Å². The fourth-order valence-electron chi connectivity index (χ4n) is 2.52. The molecule has 1 fully saturated rings. The molecule has 1 atom stereocenters. The van der Waals surface area contributed by atoms with Gasteiger partial charge in [0.25, 0.3) is 0 Å². The zero-order valence-electron chi connectivity index (χ0n) is 13.6. The van der Waals surface area contributed by atoms with E-state index in [9.17, 15) is 14.4 Å². The molecule has 0 aliphatic carbocycles. The van der Waals surface area contributed by atoms with Crippen LogP contribution in [0.4, 0.5) is 5.69 Å². The number of piperazine rings is 1. The van der Waals surface area contributed by atoms with Gasteiger partial charge in [-0.3, -0.25) is 19.3 Å². The maximum Gasteiger partial charge on any atom is 0.307 e. The highest BCUT2D eigenvalue weighted by Gasteiger charge is 2.33. The molecular weight excluding hydrogens is 378 g/mol. The second-order valence-electron chi connectivity index (χ2n) is 5.57. The van der Waals surface area contributed by atoms with E-state index in [1.807, 2.05) is 19.1 Å². The number of aryl methyl sites for hydroxylation is 1. The number of nitrogens with one attached hydrogen (secondary N) is 2. The molecule has 2 amide bonds. The number of benzene rings is 1. The Balaban J connectivity index is 2.00. The average Bonchev–Trinajstić information content (AvgIpc) is 2.54. The Morgan fingerprint density at radius 3 is 2.88 bits per heavy atom. The zero-order valence-corrected chi connectivity index (χ0v) is 15.2. The number of amides is 2. The van der Waals surface area contributed by atoms with Gasteiger partial charge in [0.15, 0.2) is 0 Å². The number of hydrogen-bond acceptors (Lipinski definition) is 5. The van der Waals surface area contributed by atoms with E-state index in [-0.39, 0.29) is 24.8 Å². The van der Waals surface area contributed by atoms with E-state index >= 15 is 0 Å². The lowest BCUT2D eigenvalue weighted by Crippen LogP contribution is -2.57. The maximum atomic E-state index is 12.3. The van der Waals surface area contributed by atoms with Gasteiger partial charge in [0.2, 0.25) is 11.8 Å². The van der Waals surface area contributed by atoms with Crippen LogP contribution in [0.1, 0.15) is 12.0 Å². The summed E-state index contributed by atoms with van der Waals surface area (Å²) in [6, 6.07) is 4.82. The van der Waals surface area contributed by atoms with E-state index in [1.54, 1.807) is 11.0 Å². The number of halogens is 1. The van der Waals surface area contributed by atoms with Gasteiger partial charge in [-0.25, -0.2) is 0 Å². The van der Waals surface area contributed by atoms with Crippen LogP contribution < -0.4 is 10.6 Å². The van der Waals surface area contributed by atoms with Crippen molar-refractivity contribution in [2.45, 2.75) is 19.4 Å². The summed E-state index contributed by atoms with van der Waals surface area (Å²) >= 11 is 3.41. The minimum atomic E-state index is -0.691. The molecule has 0 aromatic heterocycles. The SMILES string of the molecule is COC(=O)C[C@@H]1C(=O)NCCN1CC(=O)Nc1ccc(Br)c(C)c1. The minimum absolute atomic E-state index is 0.0319. The van der Waals surface area contributed by atoms with Crippen LogP contribution in [0.5, 0.6) is 0 Å². The zero-order chi connectivity index (χ0) is 17.7. The second-order valence-corrected chi connectivity index (χ2v) is 6.42. The first-order valence-electron chi connectivity index (χ1n) is 7.55. The molecule has 130 valence electrons. The van der Waals surface area contributed by atoms with E-state index in [1.165, 1.54) is 7.11 Å². The molecule has 7 nitrogen and oxygen atoms in total. The molecular formula is C16H20BrN3O4. The number of carbonyl (C=O) groups excluding carboxylic acids is 3. The number of methoxy groups -OCH3 is 1. The molecule has 1 aliphatic rings. The molecule has 1 aromatic rings. The third kappa shape index (κ3) is 4.78. The molecule has 0 saturated carbocycles. The van der Waals surface area contributed by atoms with Gasteiger partial charge in [-0.1, -0.05) is 15.9 Å². The van der Waals surface area contributed by atoms with Crippen LogP contribution in [0.25, 0.3) is 0 Å². The third-order valence-corrected chi connectivity index (χ3v) is 4.71. The summed E-state index contributed by atoms with van der Waals surface area (Å²) in [5.41, 5.74) is 1.69. The predicted molar refractivity (Wildman–Crippen MR) is 92.5 cm³/mol. The Morgan fingerprint density at radius 2 is 2.21 bits per heavy atom. The highest BCUT2D eigenvalue weighted by Crippen LogP contribution is 2.20. The molecule has 2 N–H and O–H groups in total. The number of nitrogens with zero attached hydrogens (tertiary/aromatic N) is 1. The molecule has 0 spiro atoms. The number of carbonyl (C=O) groups is 3. The number of hydrogen-bond donors (Lipinski definition) is 2. The summed E-state index contributed by atoms with van der Waals surface area (Å²) < 4.78 is 5.59. The van der Waals surface area contributed by atoms with Gasteiger partial charge in [0.1, 0.15) is 6.04 Å². The van der Waals surface area contributed by atoms with Gasteiger partial charge >= 0.3 is 5.97 Å². The number of rotatable bonds is 5. The smallest absolute Gasteiger partial charge is 0.307 e. The molecule has 0 radical (unpaired) electrons. The Hall–Kier alpha value is -1.93. The molecule has 1 aromatic carbocycles. The Morgan fingerprint density at radius 1 is 1.46 bits per heavy atom. The van der Waals surface area contributed by atoms with E-state index in [2.05, 4.69) is 31.3 Å². The minimum Gasteiger partial charge on any atom is -0.469 e. The summed E-state index contributed by atoms with van der Waals surface area (Å²) in [5.74, 6) is -0.980. The first-order valence-corrected chi connectivity index (χ1v) is 8.34. The van der Waals surface area contributed by atoms with E-state index in [4.69, 9.17) is 0 Å². The maximum absolute atomic E-state index is 12.3. The van der Waals surface area contributed by atoms with Gasteiger partial charge in [-0.05, 0) is 30.7 Å². The third-order valence-electron chi connectivity index (χ3n) is 3.82. The van der Waals surface area contributed by atoms with Crippen molar-refractivity contribution in [1.29, 1.82) is 0 Å². The van der Waals surface area contributed by atoms with Crippen LogP contribution in [0, 0.1) is 6.92 Å².